The van der Waals surface area contributed by atoms with Crippen LogP contribution in [0.2, 0.25) is 0 Å². The van der Waals surface area contributed by atoms with Crippen LogP contribution in [0.25, 0.3) is 5.76 Å². The summed E-state index contributed by atoms with van der Waals surface area (Å²) in [6, 6.07) is 13.2. The van der Waals surface area contributed by atoms with Gasteiger partial charge in [-0.2, -0.15) is 0 Å². The third-order valence-corrected chi connectivity index (χ3v) is 4.57. The summed E-state index contributed by atoms with van der Waals surface area (Å²) in [6.45, 7) is 6.38. The molecule has 0 radical (unpaired) electrons. The average molecular weight is 381 g/mol. The number of rotatable bonds is 8. The van der Waals surface area contributed by atoms with E-state index in [0.29, 0.717) is 36.0 Å². The molecule has 6 heteroatoms. The molecule has 1 aliphatic heterocycles. The SMILES string of the molecule is C=C(OCC)c1cc(OC)c(OC)cc1CC1C(=O)ON=C1c1ccccc1. The molecular formula is C22H23NO5. The summed E-state index contributed by atoms with van der Waals surface area (Å²) in [4.78, 5) is 17.4. The predicted molar refractivity (Wildman–Crippen MR) is 106 cm³/mol. The maximum absolute atomic E-state index is 12.4. The lowest BCUT2D eigenvalue weighted by molar-refractivity contribution is -0.143. The molecular weight excluding hydrogens is 358 g/mol. The lowest BCUT2D eigenvalue weighted by Crippen LogP contribution is -2.22. The molecule has 0 aromatic heterocycles. The van der Waals surface area contributed by atoms with Gasteiger partial charge in [0, 0.05) is 11.1 Å². The van der Waals surface area contributed by atoms with Crippen LogP contribution in [-0.2, 0) is 20.8 Å². The summed E-state index contributed by atoms with van der Waals surface area (Å²) >= 11 is 0. The Morgan fingerprint density at radius 2 is 1.82 bits per heavy atom. The van der Waals surface area contributed by atoms with Gasteiger partial charge in [-0.1, -0.05) is 42.1 Å². The van der Waals surface area contributed by atoms with Crippen molar-refractivity contribution in [2.24, 2.45) is 11.1 Å². The molecule has 6 nitrogen and oxygen atoms in total. The van der Waals surface area contributed by atoms with Gasteiger partial charge < -0.3 is 19.0 Å². The number of hydrogen-bond donors (Lipinski definition) is 0. The number of oxime groups is 1. The van der Waals surface area contributed by atoms with Crippen LogP contribution in [0, 0.1) is 5.92 Å². The molecule has 0 N–H and O–H groups in total. The fourth-order valence-corrected chi connectivity index (χ4v) is 3.20. The minimum atomic E-state index is -0.534. The molecule has 146 valence electrons. The Morgan fingerprint density at radius 3 is 2.46 bits per heavy atom. The molecule has 3 rings (SSSR count). The van der Waals surface area contributed by atoms with Crippen molar-refractivity contribution in [3.63, 3.8) is 0 Å². The second-order valence-corrected chi connectivity index (χ2v) is 6.23. The molecule has 0 saturated carbocycles. The number of carbonyl (C=O) groups excluding carboxylic acids is 1. The first-order valence-electron chi connectivity index (χ1n) is 9.00. The third-order valence-electron chi connectivity index (χ3n) is 4.57. The van der Waals surface area contributed by atoms with E-state index in [1.165, 1.54) is 0 Å². The zero-order valence-electron chi connectivity index (χ0n) is 16.2. The third kappa shape index (κ3) is 3.86. The van der Waals surface area contributed by atoms with Gasteiger partial charge in [0.1, 0.15) is 17.4 Å². The Balaban J connectivity index is 2.01. The summed E-state index contributed by atoms with van der Waals surface area (Å²) in [5, 5.41) is 4.01. The zero-order chi connectivity index (χ0) is 20.1. The van der Waals surface area contributed by atoms with Crippen molar-refractivity contribution in [1.29, 1.82) is 0 Å². The van der Waals surface area contributed by atoms with E-state index in [2.05, 4.69) is 11.7 Å². The molecule has 28 heavy (non-hydrogen) atoms. The fourth-order valence-electron chi connectivity index (χ4n) is 3.20. The molecule has 0 spiro atoms. The summed E-state index contributed by atoms with van der Waals surface area (Å²) in [5.74, 6) is 0.710. The van der Waals surface area contributed by atoms with Gasteiger partial charge in [0.2, 0.25) is 0 Å². The fraction of sp³-hybridized carbons (Fsp3) is 0.273. The quantitative estimate of drug-likeness (QED) is 0.514. The summed E-state index contributed by atoms with van der Waals surface area (Å²) in [6.07, 6.45) is 0.369. The Hall–Kier alpha value is -3.28. The van der Waals surface area contributed by atoms with Crippen molar-refractivity contribution in [3.8, 4) is 11.5 Å². The molecule has 0 amide bonds. The first kappa shape index (κ1) is 19.5. The molecule has 0 saturated heterocycles. The van der Waals surface area contributed by atoms with Crippen LogP contribution in [-0.4, -0.2) is 32.5 Å². The number of methoxy groups -OCH3 is 2. The van der Waals surface area contributed by atoms with Crippen LogP contribution < -0.4 is 9.47 Å². The van der Waals surface area contributed by atoms with E-state index in [1.54, 1.807) is 14.2 Å². The molecule has 2 aromatic rings. The zero-order valence-corrected chi connectivity index (χ0v) is 16.2. The minimum Gasteiger partial charge on any atom is -0.494 e. The van der Waals surface area contributed by atoms with Crippen molar-refractivity contribution < 1.29 is 23.8 Å². The lowest BCUT2D eigenvalue weighted by Gasteiger charge is -2.18. The number of nitrogens with zero attached hydrogens (tertiary/aromatic N) is 1. The largest absolute Gasteiger partial charge is 0.494 e. The molecule has 1 heterocycles. The predicted octanol–water partition coefficient (Wildman–Crippen LogP) is 3.83. The van der Waals surface area contributed by atoms with Gasteiger partial charge in [0.25, 0.3) is 0 Å². The van der Waals surface area contributed by atoms with Gasteiger partial charge in [-0.05, 0) is 31.0 Å². The monoisotopic (exact) mass is 381 g/mol. The van der Waals surface area contributed by atoms with Crippen molar-refractivity contribution in [3.05, 3.63) is 65.7 Å². The van der Waals surface area contributed by atoms with Crippen LogP contribution in [0.1, 0.15) is 23.6 Å². The topological polar surface area (TPSA) is 66.4 Å². The van der Waals surface area contributed by atoms with E-state index in [0.717, 1.165) is 16.7 Å². The number of carbonyl (C=O) groups is 1. The first-order chi connectivity index (χ1) is 13.6. The lowest BCUT2D eigenvalue weighted by atomic mass is 9.88. The van der Waals surface area contributed by atoms with Gasteiger partial charge in [-0.15, -0.1) is 0 Å². The van der Waals surface area contributed by atoms with Gasteiger partial charge in [-0.3, -0.25) is 0 Å². The van der Waals surface area contributed by atoms with Crippen LogP contribution in [0.5, 0.6) is 11.5 Å². The molecule has 0 bridgehead atoms. The second-order valence-electron chi connectivity index (χ2n) is 6.23. The average Bonchev–Trinajstić information content (AvgIpc) is 3.08. The van der Waals surface area contributed by atoms with E-state index in [-0.39, 0.29) is 5.97 Å². The molecule has 1 unspecified atom stereocenters. The standard InChI is InChI=1S/C22H23NO5/c1-5-27-14(2)17-13-20(26-4)19(25-3)12-16(17)11-18-21(23-28-22(18)24)15-9-7-6-8-10-15/h6-10,12-13,18H,2,5,11H2,1,3-4H3. The molecule has 1 aliphatic rings. The molecule has 0 fully saturated rings. The van der Waals surface area contributed by atoms with Gasteiger partial charge in [-0.25, -0.2) is 4.79 Å². The second kappa shape index (κ2) is 8.61. The highest BCUT2D eigenvalue weighted by molar-refractivity contribution is 6.14. The maximum atomic E-state index is 12.4. The van der Waals surface area contributed by atoms with Crippen molar-refractivity contribution >= 4 is 17.4 Å². The van der Waals surface area contributed by atoms with Crippen molar-refractivity contribution in [1.82, 2.24) is 0 Å². The first-order valence-corrected chi connectivity index (χ1v) is 9.00. The Labute approximate surface area is 164 Å². The highest BCUT2D eigenvalue weighted by Crippen LogP contribution is 2.36. The van der Waals surface area contributed by atoms with Gasteiger partial charge >= 0.3 is 5.97 Å². The highest BCUT2D eigenvalue weighted by atomic mass is 16.7. The van der Waals surface area contributed by atoms with Gasteiger partial charge in [0.05, 0.1) is 20.8 Å². The number of hydrogen-bond acceptors (Lipinski definition) is 6. The van der Waals surface area contributed by atoms with E-state index < -0.39 is 5.92 Å². The smallest absolute Gasteiger partial charge is 0.344 e. The number of ether oxygens (including phenoxy) is 3. The molecule has 0 aliphatic carbocycles. The van der Waals surface area contributed by atoms with Crippen LogP contribution in [0.15, 0.2) is 54.2 Å². The normalized spacial score (nSPS) is 15.6. The summed E-state index contributed by atoms with van der Waals surface area (Å²) in [5.41, 5.74) is 3.05. The van der Waals surface area contributed by atoms with Crippen molar-refractivity contribution in [2.45, 2.75) is 13.3 Å². The van der Waals surface area contributed by atoms with E-state index in [9.17, 15) is 4.79 Å². The maximum Gasteiger partial charge on any atom is 0.344 e. The van der Waals surface area contributed by atoms with Crippen LogP contribution in [0.3, 0.4) is 0 Å². The molecule has 2 aromatic carbocycles. The van der Waals surface area contributed by atoms with E-state index >= 15 is 0 Å². The van der Waals surface area contributed by atoms with E-state index in [1.807, 2.05) is 49.4 Å². The number of benzene rings is 2. The highest BCUT2D eigenvalue weighted by Gasteiger charge is 2.34. The van der Waals surface area contributed by atoms with Crippen LogP contribution in [0.4, 0.5) is 0 Å². The van der Waals surface area contributed by atoms with E-state index in [4.69, 9.17) is 19.0 Å². The Kier molecular flexibility index (Phi) is 5.99. The van der Waals surface area contributed by atoms with Crippen molar-refractivity contribution in [2.75, 3.05) is 20.8 Å². The Morgan fingerprint density at radius 1 is 1.14 bits per heavy atom. The minimum absolute atomic E-state index is 0.369. The van der Waals surface area contributed by atoms with Gasteiger partial charge in [0.15, 0.2) is 11.5 Å². The summed E-state index contributed by atoms with van der Waals surface area (Å²) < 4.78 is 16.4. The Bertz CT molecular complexity index is 905. The molecule has 1 atom stereocenters. The van der Waals surface area contributed by atoms with Crippen LogP contribution >= 0.6 is 0 Å². The summed E-state index contributed by atoms with van der Waals surface area (Å²) in [7, 11) is 3.14.